The third kappa shape index (κ3) is 3.93. The van der Waals surface area contributed by atoms with Crippen molar-refractivity contribution in [2.75, 3.05) is 6.61 Å². The summed E-state index contributed by atoms with van der Waals surface area (Å²) in [6.45, 7) is -0.470. The molecule has 14 heavy (non-hydrogen) atoms. The van der Waals surface area contributed by atoms with Crippen LogP contribution in [0.1, 0.15) is 0 Å². The summed E-state index contributed by atoms with van der Waals surface area (Å²) in [5, 5.41) is 36.1. The van der Waals surface area contributed by atoms with E-state index in [-0.39, 0.29) is 63.8 Å². The van der Waals surface area contributed by atoms with Crippen LogP contribution in [0.15, 0.2) is 0 Å². The average molecular weight is 254 g/mol. The van der Waals surface area contributed by atoms with Gasteiger partial charge in [0.2, 0.25) is 0 Å². The van der Waals surface area contributed by atoms with Crippen molar-refractivity contribution >= 4 is 0 Å². The summed E-state index contributed by atoms with van der Waals surface area (Å²) in [6, 6.07) is -1.04. The van der Waals surface area contributed by atoms with Crippen LogP contribution in [0.4, 0.5) is 0 Å². The molecular formula is C6H13ClKNO5. The molecule has 0 saturated carbocycles. The molecule has 6 nitrogen and oxygen atoms in total. The molecule has 1 unspecified atom stereocenters. The van der Waals surface area contributed by atoms with Crippen LogP contribution in [0.5, 0.6) is 0 Å². The van der Waals surface area contributed by atoms with Gasteiger partial charge in [0, 0.05) is 0 Å². The predicted octanol–water partition coefficient (Wildman–Crippen LogP) is -9.25. The van der Waals surface area contributed by atoms with Crippen molar-refractivity contribution in [1.82, 2.24) is 0 Å². The molecule has 1 saturated heterocycles. The Morgan fingerprint density at radius 2 is 1.64 bits per heavy atom. The van der Waals surface area contributed by atoms with Crippen molar-refractivity contribution in [3.05, 3.63) is 0 Å². The largest absolute Gasteiger partial charge is 1.00 e. The zero-order valence-electron chi connectivity index (χ0n) is 7.75. The van der Waals surface area contributed by atoms with Gasteiger partial charge < -0.3 is 43.3 Å². The fourth-order valence-corrected chi connectivity index (χ4v) is 1.12. The Bertz CT molecular complexity index is 160. The summed E-state index contributed by atoms with van der Waals surface area (Å²) >= 11 is 0. The van der Waals surface area contributed by atoms with Gasteiger partial charge in [-0.25, -0.2) is 0 Å². The number of aliphatic hydroxyl groups is 4. The number of rotatable bonds is 1. The summed E-state index contributed by atoms with van der Waals surface area (Å²) in [6.07, 6.45) is -4.85. The van der Waals surface area contributed by atoms with Crippen LogP contribution in [0.2, 0.25) is 0 Å². The van der Waals surface area contributed by atoms with Gasteiger partial charge in [0.05, 0.1) is 12.6 Å². The summed E-state index contributed by atoms with van der Waals surface area (Å²) in [7, 11) is 0. The van der Waals surface area contributed by atoms with E-state index in [2.05, 4.69) is 0 Å². The normalized spacial score (nSPS) is 42.2. The number of halogens is 1. The molecule has 1 aliphatic heterocycles. The third-order valence-corrected chi connectivity index (χ3v) is 1.95. The molecule has 0 aromatic carbocycles. The smallest absolute Gasteiger partial charge is 1.00 e. The fraction of sp³-hybridized carbons (Fsp3) is 1.00. The number of aliphatic hydroxyl groups excluding tert-OH is 4. The summed E-state index contributed by atoms with van der Waals surface area (Å²) in [4.78, 5) is 0. The van der Waals surface area contributed by atoms with Gasteiger partial charge in [-0.3, -0.25) is 0 Å². The van der Waals surface area contributed by atoms with Gasteiger partial charge in [0.25, 0.3) is 0 Å². The molecule has 1 heterocycles. The van der Waals surface area contributed by atoms with Crippen molar-refractivity contribution in [3.63, 3.8) is 0 Å². The minimum absolute atomic E-state index is 0. The molecule has 1 rings (SSSR count). The van der Waals surface area contributed by atoms with Crippen molar-refractivity contribution < 1.29 is 89.0 Å². The van der Waals surface area contributed by atoms with E-state index in [0.29, 0.717) is 0 Å². The van der Waals surface area contributed by atoms with E-state index in [0.717, 1.165) is 0 Å². The van der Waals surface area contributed by atoms with Crippen molar-refractivity contribution in [2.24, 2.45) is 5.73 Å². The van der Waals surface area contributed by atoms with E-state index in [9.17, 15) is 10.2 Å². The van der Waals surface area contributed by atoms with Gasteiger partial charge in [0.1, 0.15) is 18.3 Å². The van der Waals surface area contributed by atoms with Crippen LogP contribution in [0, 0.1) is 0 Å². The zero-order valence-corrected chi connectivity index (χ0v) is 11.6. The van der Waals surface area contributed by atoms with E-state index < -0.39 is 37.3 Å². The molecular weight excluding hydrogens is 241 g/mol. The Kier molecular flexibility index (Phi) is 10.2. The minimum atomic E-state index is -1.35. The third-order valence-electron chi connectivity index (χ3n) is 1.95. The molecule has 0 bridgehead atoms. The summed E-state index contributed by atoms with van der Waals surface area (Å²) < 4.78 is 4.70. The number of hydrogen-bond donors (Lipinski definition) is 5. The molecule has 0 spiro atoms. The first-order chi connectivity index (χ1) is 5.57. The quantitative estimate of drug-likeness (QED) is 0.297. The van der Waals surface area contributed by atoms with Gasteiger partial charge in [-0.05, 0) is 0 Å². The number of nitrogens with two attached hydrogens (primary N) is 1. The molecule has 8 heteroatoms. The Morgan fingerprint density at radius 1 is 1.14 bits per heavy atom. The number of hydrogen-bond acceptors (Lipinski definition) is 6. The second kappa shape index (κ2) is 7.88. The van der Waals surface area contributed by atoms with E-state index >= 15 is 0 Å². The van der Waals surface area contributed by atoms with Gasteiger partial charge in [-0.15, -0.1) is 0 Å². The number of ether oxygens (including phenoxy) is 1. The summed E-state index contributed by atoms with van der Waals surface area (Å²) in [5.41, 5.74) is 5.26. The van der Waals surface area contributed by atoms with Gasteiger partial charge in [0.15, 0.2) is 6.29 Å². The van der Waals surface area contributed by atoms with E-state index in [1.807, 2.05) is 0 Å². The van der Waals surface area contributed by atoms with Crippen LogP contribution in [-0.4, -0.2) is 57.7 Å². The van der Waals surface area contributed by atoms with Crippen LogP contribution >= 0.6 is 0 Å². The minimum Gasteiger partial charge on any atom is -1.00 e. The maximum absolute atomic E-state index is 9.20. The first kappa shape index (κ1) is 18.1. The fourth-order valence-electron chi connectivity index (χ4n) is 1.12. The van der Waals surface area contributed by atoms with Crippen LogP contribution in [-0.2, 0) is 4.74 Å². The molecule has 0 amide bonds. The Hall–Kier alpha value is 1.69. The van der Waals surface area contributed by atoms with Crippen LogP contribution < -0.4 is 69.5 Å². The second-order valence-corrected chi connectivity index (χ2v) is 2.81. The van der Waals surface area contributed by atoms with Gasteiger partial charge in [-0.1, -0.05) is 0 Å². The average Bonchev–Trinajstić information content (AvgIpc) is 2.08. The molecule has 5 atom stereocenters. The van der Waals surface area contributed by atoms with E-state index in [4.69, 9.17) is 20.7 Å². The Labute approximate surface area is 130 Å². The van der Waals surface area contributed by atoms with Crippen LogP contribution in [0.25, 0.3) is 0 Å². The molecule has 0 aliphatic carbocycles. The molecule has 0 aromatic rings. The van der Waals surface area contributed by atoms with Crippen LogP contribution in [0.3, 0.4) is 0 Å². The molecule has 80 valence electrons. The summed E-state index contributed by atoms with van der Waals surface area (Å²) in [5.74, 6) is 0. The first-order valence-electron chi connectivity index (χ1n) is 3.64. The Balaban J connectivity index is 0. The zero-order chi connectivity index (χ0) is 9.30. The van der Waals surface area contributed by atoms with Crippen molar-refractivity contribution in [1.29, 1.82) is 0 Å². The maximum atomic E-state index is 9.20. The van der Waals surface area contributed by atoms with Gasteiger partial charge in [-0.2, -0.15) is 0 Å². The predicted molar refractivity (Wildman–Crippen MR) is 38.0 cm³/mol. The van der Waals surface area contributed by atoms with Gasteiger partial charge >= 0.3 is 51.4 Å². The molecule has 1 aliphatic rings. The SMILES string of the molecule is N[C@H]1C(O)O[C@H](CO)[C@@H](O)[C@@H]1O.[Cl-].[K+]. The topological polar surface area (TPSA) is 116 Å². The monoisotopic (exact) mass is 253 g/mol. The van der Waals surface area contributed by atoms with Crippen molar-refractivity contribution in [2.45, 2.75) is 30.6 Å². The maximum Gasteiger partial charge on any atom is 1.00 e. The molecule has 1 fully saturated rings. The first-order valence-corrected chi connectivity index (χ1v) is 3.64. The molecule has 0 aromatic heterocycles. The second-order valence-electron chi connectivity index (χ2n) is 2.81. The molecule has 0 radical (unpaired) electrons. The standard InChI is InChI=1S/C6H13NO5.ClH.K/c7-3-5(10)4(9)2(1-8)12-6(3)11;;/h2-6,8-11H,1,7H2;1H;/q;;+1/p-1/t2-,3-,4-,5-,6?;;/m1../s1. The molecule has 6 N–H and O–H groups in total. The van der Waals surface area contributed by atoms with E-state index in [1.165, 1.54) is 0 Å². The van der Waals surface area contributed by atoms with E-state index in [1.54, 1.807) is 0 Å². The van der Waals surface area contributed by atoms with Crippen molar-refractivity contribution in [3.8, 4) is 0 Å². The Morgan fingerprint density at radius 3 is 2.07 bits per heavy atom.